The molecule has 2 rings (SSSR count). The molecule has 2 N–H and O–H groups in total. The molecule has 0 spiro atoms. The van der Waals surface area contributed by atoms with Gasteiger partial charge in [0.15, 0.2) is 0 Å². The normalized spacial score (nSPS) is 11.2. The summed E-state index contributed by atoms with van der Waals surface area (Å²) in [6.07, 6.45) is 1.07. The average molecular weight is 273 g/mol. The van der Waals surface area contributed by atoms with E-state index >= 15 is 0 Å². The van der Waals surface area contributed by atoms with Crippen LogP contribution in [0.2, 0.25) is 0 Å². The van der Waals surface area contributed by atoms with Crippen LogP contribution in [0.5, 0.6) is 0 Å². The largest absolute Gasteiger partial charge is 0.369 e. The van der Waals surface area contributed by atoms with Gasteiger partial charge in [-0.25, -0.2) is 9.97 Å². The number of para-hydroxylation sites is 1. The second-order valence-corrected chi connectivity index (χ2v) is 5.13. The summed E-state index contributed by atoms with van der Waals surface area (Å²) in [5.41, 5.74) is 0.996. The Bertz CT molecular complexity index is 553. The first kappa shape index (κ1) is 14.7. The van der Waals surface area contributed by atoms with E-state index in [4.69, 9.17) is 0 Å². The lowest BCUT2D eigenvalue weighted by Gasteiger charge is -2.13. The predicted molar refractivity (Wildman–Crippen MR) is 84.0 cm³/mol. The van der Waals surface area contributed by atoms with Gasteiger partial charge >= 0.3 is 0 Å². The predicted octanol–water partition coefficient (Wildman–Crippen LogP) is 1.71. The van der Waals surface area contributed by atoms with Crippen molar-refractivity contribution in [3.05, 3.63) is 30.1 Å². The highest BCUT2D eigenvalue weighted by molar-refractivity contribution is 5.88. The Morgan fingerprint density at radius 1 is 1.10 bits per heavy atom. The molecule has 0 aliphatic heterocycles. The van der Waals surface area contributed by atoms with Crippen LogP contribution >= 0.6 is 0 Å². The first-order valence-electron chi connectivity index (χ1n) is 6.99. The zero-order chi connectivity index (χ0) is 14.4. The number of benzene rings is 1. The van der Waals surface area contributed by atoms with Crippen molar-refractivity contribution in [1.82, 2.24) is 20.2 Å². The molecule has 0 bridgehead atoms. The number of rotatable bonds is 7. The summed E-state index contributed by atoms with van der Waals surface area (Å²) in [5, 5.41) is 7.66. The van der Waals surface area contributed by atoms with Crippen molar-refractivity contribution in [2.75, 3.05) is 39.5 Å². The summed E-state index contributed by atoms with van der Waals surface area (Å²) in [7, 11) is 6.02. The van der Waals surface area contributed by atoms with E-state index in [-0.39, 0.29) is 0 Å². The molecule has 1 heterocycles. The van der Waals surface area contributed by atoms with Crippen molar-refractivity contribution in [3.63, 3.8) is 0 Å². The summed E-state index contributed by atoms with van der Waals surface area (Å²) >= 11 is 0. The number of aromatic nitrogens is 2. The van der Waals surface area contributed by atoms with E-state index < -0.39 is 0 Å². The Kier molecular flexibility index (Phi) is 5.26. The van der Waals surface area contributed by atoms with Gasteiger partial charge in [-0.1, -0.05) is 12.1 Å². The van der Waals surface area contributed by atoms with Gasteiger partial charge in [0.05, 0.1) is 12.1 Å². The van der Waals surface area contributed by atoms with Gasteiger partial charge in [0, 0.05) is 11.9 Å². The highest BCUT2D eigenvalue weighted by atomic mass is 15.1. The SMILES string of the molecule is CNCCCNc1nc(CN(C)C)nc2ccccc12. The molecule has 5 heteroatoms. The van der Waals surface area contributed by atoms with Crippen molar-refractivity contribution in [1.29, 1.82) is 0 Å². The standard InChI is InChI=1S/C15H23N5/c1-16-9-6-10-17-15-12-7-4-5-8-13(12)18-14(19-15)11-20(2)3/h4-5,7-8,16H,6,9-11H2,1-3H3,(H,17,18,19). The van der Waals surface area contributed by atoms with E-state index in [0.29, 0.717) is 0 Å². The van der Waals surface area contributed by atoms with Crippen molar-refractivity contribution in [3.8, 4) is 0 Å². The summed E-state index contributed by atoms with van der Waals surface area (Å²) in [4.78, 5) is 11.3. The highest BCUT2D eigenvalue weighted by Crippen LogP contribution is 2.20. The lowest BCUT2D eigenvalue weighted by atomic mass is 10.2. The van der Waals surface area contributed by atoms with Gasteiger partial charge in [-0.2, -0.15) is 0 Å². The summed E-state index contributed by atoms with van der Waals surface area (Å²) in [6, 6.07) is 8.14. The fraction of sp³-hybridized carbons (Fsp3) is 0.467. The molecule has 1 aromatic carbocycles. The number of nitrogens with one attached hydrogen (secondary N) is 2. The molecule has 0 atom stereocenters. The van der Waals surface area contributed by atoms with Crippen LogP contribution in [-0.4, -0.2) is 49.1 Å². The molecule has 0 radical (unpaired) electrons. The van der Waals surface area contributed by atoms with Crippen molar-refractivity contribution < 1.29 is 0 Å². The second kappa shape index (κ2) is 7.17. The Morgan fingerprint density at radius 2 is 1.90 bits per heavy atom. The monoisotopic (exact) mass is 273 g/mol. The van der Waals surface area contributed by atoms with E-state index in [2.05, 4.69) is 31.6 Å². The molecule has 0 aliphatic rings. The maximum absolute atomic E-state index is 4.65. The molecule has 2 aromatic rings. The van der Waals surface area contributed by atoms with Gasteiger partial charge in [0.25, 0.3) is 0 Å². The van der Waals surface area contributed by atoms with Gasteiger partial charge in [-0.05, 0) is 46.2 Å². The molecule has 20 heavy (non-hydrogen) atoms. The molecular formula is C15H23N5. The average Bonchev–Trinajstić information content (AvgIpc) is 2.42. The third-order valence-electron chi connectivity index (χ3n) is 3.00. The van der Waals surface area contributed by atoms with Gasteiger partial charge < -0.3 is 15.5 Å². The maximum Gasteiger partial charge on any atom is 0.145 e. The molecular weight excluding hydrogens is 250 g/mol. The van der Waals surface area contributed by atoms with Crippen LogP contribution in [0.15, 0.2) is 24.3 Å². The van der Waals surface area contributed by atoms with Crippen LogP contribution < -0.4 is 10.6 Å². The van der Waals surface area contributed by atoms with Crippen LogP contribution in [0, 0.1) is 0 Å². The maximum atomic E-state index is 4.65. The molecule has 0 aliphatic carbocycles. The van der Waals surface area contributed by atoms with E-state index in [0.717, 1.165) is 48.6 Å². The lowest BCUT2D eigenvalue weighted by Crippen LogP contribution is -2.16. The smallest absolute Gasteiger partial charge is 0.145 e. The minimum absolute atomic E-state index is 0.746. The van der Waals surface area contributed by atoms with E-state index in [1.54, 1.807) is 0 Å². The van der Waals surface area contributed by atoms with Gasteiger partial charge in [0.1, 0.15) is 11.6 Å². The fourth-order valence-corrected chi connectivity index (χ4v) is 2.08. The Balaban J connectivity index is 2.24. The second-order valence-electron chi connectivity index (χ2n) is 5.13. The number of hydrogen-bond donors (Lipinski definition) is 2. The van der Waals surface area contributed by atoms with E-state index in [1.807, 2.05) is 39.3 Å². The number of fused-ring (bicyclic) bond motifs is 1. The van der Waals surface area contributed by atoms with Crippen LogP contribution in [-0.2, 0) is 6.54 Å². The summed E-state index contributed by atoms with van der Waals surface area (Å²) in [5.74, 6) is 1.79. The van der Waals surface area contributed by atoms with Crippen LogP contribution in [0.3, 0.4) is 0 Å². The number of anilines is 1. The minimum Gasteiger partial charge on any atom is -0.369 e. The lowest BCUT2D eigenvalue weighted by molar-refractivity contribution is 0.391. The van der Waals surface area contributed by atoms with E-state index in [1.165, 1.54) is 0 Å². The first-order valence-corrected chi connectivity index (χ1v) is 6.99. The minimum atomic E-state index is 0.746. The van der Waals surface area contributed by atoms with Gasteiger partial charge in [-0.15, -0.1) is 0 Å². The third kappa shape index (κ3) is 3.88. The van der Waals surface area contributed by atoms with Crippen LogP contribution in [0.4, 0.5) is 5.82 Å². The highest BCUT2D eigenvalue weighted by Gasteiger charge is 2.07. The first-order chi connectivity index (χ1) is 9.70. The molecule has 0 saturated heterocycles. The third-order valence-corrected chi connectivity index (χ3v) is 3.00. The molecule has 0 amide bonds. The quantitative estimate of drug-likeness (QED) is 0.752. The summed E-state index contributed by atoms with van der Waals surface area (Å²) in [6.45, 7) is 2.65. The topological polar surface area (TPSA) is 53.1 Å². The molecule has 0 fully saturated rings. The van der Waals surface area contributed by atoms with Crippen LogP contribution in [0.25, 0.3) is 10.9 Å². The van der Waals surface area contributed by atoms with E-state index in [9.17, 15) is 0 Å². The Morgan fingerprint density at radius 3 is 2.65 bits per heavy atom. The molecule has 0 saturated carbocycles. The molecule has 108 valence electrons. The van der Waals surface area contributed by atoms with Crippen LogP contribution in [0.1, 0.15) is 12.2 Å². The fourth-order valence-electron chi connectivity index (χ4n) is 2.08. The molecule has 1 aromatic heterocycles. The van der Waals surface area contributed by atoms with Crippen molar-refractivity contribution >= 4 is 16.7 Å². The molecule has 0 unspecified atom stereocenters. The van der Waals surface area contributed by atoms with Gasteiger partial charge in [-0.3, -0.25) is 0 Å². The van der Waals surface area contributed by atoms with Crippen molar-refractivity contribution in [2.24, 2.45) is 0 Å². The number of hydrogen-bond acceptors (Lipinski definition) is 5. The van der Waals surface area contributed by atoms with Gasteiger partial charge in [0.2, 0.25) is 0 Å². The zero-order valence-electron chi connectivity index (χ0n) is 12.5. The Hall–Kier alpha value is -1.72. The van der Waals surface area contributed by atoms with Crippen molar-refractivity contribution in [2.45, 2.75) is 13.0 Å². The Labute approximate surface area is 120 Å². The summed E-state index contributed by atoms with van der Waals surface area (Å²) < 4.78 is 0. The number of nitrogens with zero attached hydrogens (tertiary/aromatic N) is 3. The molecule has 5 nitrogen and oxygen atoms in total. The zero-order valence-corrected chi connectivity index (χ0v) is 12.5.